The Kier molecular flexibility index (Phi) is 5.15. The van der Waals surface area contributed by atoms with Crippen LogP contribution in [0.5, 0.6) is 0 Å². The maximum atomic E-state index is 12.4. The first-order chi connectivity index (χ1) is 10.4. The molecule has 1 radical (unpaired) electrons. The molecule has 0 N–H and O–H groups in total. The topological polar surface area (TPSA) is 42.4 Å². The first-order valence-corrected chi connectivity index (χ1v) is 7.27. The minimum Gasteiger partial charge on any atom is -0.444 e. The number of hydrogen-bond acceptors (Lipinski definition) is 3. The second-order valence-electron chi connectivity index (χ2n) is 6.07. The molecule has 0 aliphatic heterocycles. The van der Waals surface area contributed by atoms with Crippen LogP contribution in [0.3, 0.4) is 0 Å². The third-order valence-corrected chi connectivity index (χ3v) is 2.89. The lowest BCUT2D eigenvalue weighted by Gasteiger charge is -2.27. The lowest BCUT2D eigenvalue weighted by atomic mass is 10.2. The van der Waals surface area contributed by atoms with Gasteiger partial charge < -0.3 is 4.74 Å². The number of carbonyl (C=O) groups is 1. The van der Waals surface area contributed by atoms with Crippen molar-refractivity contribution in [1.82, 2.24) is 9.88 Å². The fraction of sp³-hybridized carbons (Fsp3) is 0.333. The molecule has 0 atom stereocenters. The summed E-state index contributed by atoms with van der Waals surface area (Å²) < 4.78 is 5.50. The van der Waals surface area contributed by atoms with E-state index in [1.165, 1.54) is 0 Å². The second-order valence-corrected chi connectivity index (χ2v) is 6.07. The second kappa shape index (κ2) is 7.07. The summed E-state index contributed by atoms with van der Waals surface area (Å²) in [7, 11) is 0. The highest BCUT2D eigenvalue weighted by atomic mass is 16.6. The van der Waals surface area contributed by atoms with Gasteiger partial charge in [0, 0.05) is 12.7 Å². The number of ether oxygens (including phenoxy) is 1. The van der Waals surface area contributed by atoms with E-state index >= 15 is 0 Å². The number of aromatic nitrogens is 1. The molecule has 0 saturated heterocycles. The summed E-state index contributed by atoms with van der Waals surface area (Å²) in [6.07, 6.45) is 1.38. The molecule has 0 spiro atoms. The molecule has 1 heterocycles. The van der Waals surface area contributed by atoms with E-state index in [1.807, 2.05) is 63.2 Å². The summed E-state index contributed by atoms with van der Waals surface area (Å²) in [6.45, 7) is 6.47. The van der Waals surface area contributed by atoms with Crippen molar-refractivity contribution in [2.45, 2.75) is 39.5 Å². The van der Waals surface area contributed by atoms with Crippen LogP contribution in [0, 0.1) is 6.07 Å². The van der Waals surface area contributed by atoms with Crippen molar-refractivity contribution in [2.24, 2.45) is 0 Å². The number of pyridine rings is 1. The highest BCUT2D eigenvalue weighted by molar-refractivity contribution is 5.68. The number of hydrogen-bond donors (Lipinski definition) is 0. The number of amides is 1. The molecule has 0 unspecified atom stereocenters. The van der Waals surface area contributed by atoms with Crippen molar-refractivity contribution < 1.29 is 9.53 Å². The predicted octanol–water partition coefficient (Wildman–Crippen LogP) is 3.82. The summed E-state index contributed by atoms with van der Waals surface area (Å²) in [5.74, 6) is 0. The van der Waals surface area contributed by atoms with Gasteiger partial charge in [0.05, 0.1) is 12.2 Å². The van der Waals surface area contributed by atoms with Crippen LogP contribution in [-0.2, 0) is 17.8 Å². The molecule has 4 nitrogen and oxygen atoms in total. The molecule has 2 aromatic rings. The smallest absolute Gasteiger partial charge is 0.410 e. The molecule has 1 amide bonds. The molecule has 22 heavy (non-hydrogen) atoms. The summed E-state index contributed by atoms with van der Waals surface area (Å²) in [4.78, 5) is 18.4. The SMILES string of the molecule is CC(C)(C)OC(=O)N(Cc1cc[c]cc1)Cc1ccccn1. The normalized spacial score (nSPS) is 11.0. The molecule has 0 fully saturated rings. The van der Waals surface area contributed by atoms with Crippen LogP contribution in [0.25, 0.3) is 0 Å². The molecule has 1 aromatic heterocycles. The molecule has 0 aliphatic carbocycles. The third kappa shape index (κ3) is 5.20. The van der Waals surface area contributed by atoms with E-state index in [9.17, 15) is 4.79 Å². The summed E-state index contributed by atoms with van der Waals surface area (Å²) in [5, 5.41) is 0. The first kappa shape index (κ1) is 16.0. The first-order valence-electron chi connectivity index (χ1n) is 7.27. The van der Waals surface area contributed by atoms with Crippen molar-refractivity contribution in [3.05, 3.63) is 66.0 Å². The Labute approximate surface area is 131 Å². The van der Waals surface area contributed by atoms with Gasteiger partial charge in [0.25, 0.3) is 0 Å². The molecule has 2 rings (SSSR count). The van der Waals surface area contributed by atoms with Crippen LogP contribution >= 0.6 is 0 Å². The highest BCUT2D eigenvalue weighted by Gasteiger charge is 2.22. The summed E-state index contributed by atoms with van der Waals surface area (Å²) in [6, 6.07) is 16.2. The van der Waals surface area contributed by atoms with Gasteiger partial charge in [-0.2, -0.15) is 0 Å². The van der Waals surface area contributed by atoms with E-state index < -0.39 is 5.60 Å². The Hall–Kier alpha value is -2.36. The largest absolute Gasteiger partial charge is 0.444 e. The van der Waals surface area contributed by atoms with Gasteiger partial charge in [-0.3, -0.25) is 9.88 Å². The zero-order chi connectivity index (χ0) is 16.0. The molecule has 0 bridgehead atoms. The maximum Gasteiger partial charge on any atom is 0.410 e. The zero-order valence-electron chi connectivity index (χ0n) is 13.2. The van der Waals surface area contributed by atoms with E-state index in [2.05, 4.69) is 11.1 Å². The van der Waals surface area contributed by atoms with Gasteiger partial charge in [-0.15, -0.1) is 0 Å². The lowest BCUT2D eigenvalue weighted by Crippen LogP contribution is -2.36. The fourth-order valence-corrected chi connectivity index (χ4v) is 1.95. The van der Waals surface area contributed by atoms with Gasteiger partial charge in [0.2, 0.25) is 0 Å². The Morgan fingerprint density at radius 2 is 1.91 bits per heavy atom. The molecule has 0 saturated carbocycles. The zero-order valence-corrected chi connectivity index (χ0v) is 13.2. The van der Waals surface area contributed by atoms with E-state index in [0.29, 0.717) is 13.1 Å². The van der Waals surface area contributed by atoms with Crippen LogP contribution in [0.4, 0.5) is 4.79 Å². The summed E-state index contributed by atoms with van der Waals surface area (Å²) >= 11 is 0. The minimum atomic E-state index is -0.524. The average molecular weight is 297 g/mol. The lowest BCUT2D eigenvalue weighted by molar-refractivity contribution is 0.0214. The van der Waals surface area contributed by atoms with E-state index in [0.717, 1.165) is 11.3 Å². The van der Waals surface area contributed by atoms with Crippen molar-refractivity contribution in [3.8, 4) is 0 Å². The monoisotopic (exact) mass is 297 g/mol. The number of carbonyl (C=O) groups excluding carboxylic acids is 1. The Morgan fingerprint density at radius 1 is 1.18 bits per heavy atom. The van der Waals surface area contributed by atoms with Crippen molar-refractivity contribution in [3.63, 3.8) is 0 Å². The Morgan fingerprint density at radius 3 is 2.50 bits per heavy atom. The van der Waals surface area contributed by atoms with Gasteiger partial charge in [-0.25, -0.2) is 4.79 Å². The average Bonchev–Trinajstić information content (AvgIpc) is 2.47. The predicted molar refractivity (Wildman–Crippen MR) is 85.0 cm³/mol. The van der Waals surface area contributed by atoms with E-state index in [1.54, 1.807) is 11.1 Å². The third-order valence-electron chi connectivity index (χ3n) is 2.89. The van der Waals surface area contributed by atoms with Gasteiger partial charge in [-0.05, 0) is 44.5 Å². The Bertz CT molecular complexity index is 550. The Balaban J connectivity index is 2.14. The molecule has 115 valence electrons. The molecular formula is C18H21N2O2. The van der Waals surface area contributed by atoms with Gasteiger partial charge in [-0.1, -0.05) is 30.3 Å². The fourth-order valence-electron chi connectivity index (χ4n) is 1.95. The van der Waals surface area contributed by atoms with Crippen LogP contribution < -0.4 is 0 Å². The van der Waals surface area contributed by atoms with Gasteiger partial charge in [0.15, 0.2) is 0 Å². The van der Waals surface area contributed by atoms with Crippen molar-refractivity contribution in [1.29, 1.82) is 0 Å². The molecular weight excluding hydrogens is 276 g/mol. The molecule has 4 heteroatoms. The minimum absolute atomic E-state index is 0.342. The summed E-state index contributed by atoms with van der Waals surface area (Å²) in [5.41, 5.74) is 1.33. The van der Waals surface area contributed by atoms with Crippen molar-refractivity contribution >= 4 is 6.09 Å². The van der Waals surface area contributed by atoms with Crippen LogP contribution in [0.2, 0.25) is 0 Å². The maximum absolute atomic E-state index is 12.4. The number of nitrogens with zero attached hydrogens (tertiary/aromatic N) is 2. The van der Waals surface area contributed by atoms with E-state index in [4.69, 9.17) is 4.74 Å². The van der Waals surface area contributed by atoms with Crippen LogP contribution in [-0.4, -0.2) is 21.6 Å². The number of benzene rings is 1. The van der Waals surface area contributed by atoms with Gasteiger partial charge in [0.1, 0.15) is 5.60 Å². The highest BCUT2D eigenvalue weighted by Crippen LogP contribution is 2.14. The number of rotatable bonds is 4. The van der Waals surface area contributed by atoms with Crippen LogP contribution in [0.15, 0.2) is 48.7 Å². The molecule has 1 aromatic carbocycles. The van der Waals surface area contributed by atoms with E-state index in [-0.39, 0.29) is 6.09 Å². The van der Waals surface area contributed by atoms with Gasteiger partial charge >= 0.3 is 6.09 Å². The quantitative estimate of drug-likeness (QED) is 0.861. The van der Waals surface area contributed by atoms with Crippen molar-refractivity contribution in [2.75, 3.05) is 0 Å². The molecule has 0 aliphatic rings. The van der Waals surface area contributed by atoms with Crippen LogP contribution in [0.1, 0.15) is 32.0 Å². The standard InChI is InChI=1S/C18H21N2O2/c1-18(2,3)22-17(21)20(13-15-9-5-4-6-10-15)14-16-11-7-8-12-19-16/h5-12H,13-14H2,1-3H3.